The lowest BCUT2D eigenvalue weighted by molar-refractivity contribution is -0.260. The van der Waals surface area contributed by atoms with Gasteiger partial charge in [0.1, 0.15) is 23.0 Å². The number of halogens is 3. The van der Waals surface area contributed by atoms with E-state index >= 15 is 4.39 Å². The van der Waals surface area contributed by atoms with Crippen molar-refractivity contribution in [1.29, 1.82) is 0 Å². The summed E-state index contributed by atoms with van der Waals surface area (Å²) in [6.07, 6.45) is 3.75. The molecule has 3 aromatic rings. The first-order valence-corrected chi connectivity index (χ1v) is 9.82. The molecule has 7 nitrogen and oxygen atoms in total. The first kappa shape index (κ1) is 21.9. The maximum Gasteiger partial charge on any atom is 0.322 e. The number of hydrogen-bond acceptors (Lipinski definition) is 6. The van der Waals surface area contributed by atoms with E-state index in [0.717, 1.165) is 24.6 Å². The molecular formula is C22H18F3N3O4. The van der Waals surface area contributed by atoms with Crippen LogP contribution in [0.25, 0.3) is 22.4 Å². The van der Waals surface area contributed by atoms with Crippen molar-refractivity contribution in [2.24, 2.45) is 0 Å². The van der Waals surface area contributed by atoms with E-state index in [2.05, 4.69) is 9.97 Å². The minimum absolute atomic E-state index is 0.0962. The van der Waals surface area contributed by atoms with E-state index < -0.39 is 51.6 Å². The summed E-state index contributed by atoms with van der Waals surface area (Å²) in [5.74, 6) is -4.67. The van der Waals surface area contributed by atoms with Crippen molar-refractivity contribution in [3.05, 3.63) is 71.4 Å². The molecule has 1 amide bonds. The number of aromatic nitrogens is 2. The van der Waals surface area contributed by atoms with Gasteiger partial charge >= 0.3 is 5.91 Å². The number of hydroxylamine groups is 2. The Labute approximate surface area is 180 Å². The summed E-state index contributed by atoms with van der Waals surface area (Å²) < 4.78 is 50.7. The van der Waals surface area contributed by atoms with Crippen LogP contribution < -0.4 is 0 Å². The molecule has 1 aliphatic rings. The third kappa shape index (κ3) is 3.95. The molecule has 1 atom stereocenters. The molecule has 10 heteroatoms. The second kappa shape index (κ2) is 9.03. The highest BCUT2D eigenvalue weighted by Gasteiger charge is 2.34. The van der Waals surface area contributed by atoms with Crippen LogP contribution >= 0.6 is 0 Å². The molecule has 0 saturated carbocycles. The summed E-state index contributed by atoms with van der Waals surface area (Å²) in [6.45, 7) is 0.317. The zero-order valence-corrected chi connectivity index (χ0v) is 16.6. The third-order valence-electron chi connectivity index (χ3n) is 5.21. The zero-order valence-electron chi connectivity index (χ0n) is 16.6. The molecule has 4 rings (SSSR count). The molecule has 0 radical (unpaired) electrons. The van der Waals surface area contributed by atoms with Gasteiger partial charge in [-0.2, -0.15) is 0 Å². The Kier molecular flexibility index (Phi) is 6.17. The van der Waals surface area contributed by atoms with Crippen LogP contribution in [0.1, 0.15) is 41.4 Å². The Hall–Kier alpha value is -3.34. The molecule has 3 heterocycles. The Balaban J connectivity index is 2.11. The molecule has 2 N–H and O–H groups in total. The Bertz CT molecular complexity index is 1130. The lowest BCUT2D eigenvalue weighted by Crippen LogP contribution is -2.27. The Morgan fingerprint density at radius 2 is 1.81 bits per heavy atom. The Morgan fingerprint density at radius 1 is 1.06 bits per heavy atom. The number of carbonyl (C=O) groups is 1. The summed E-state index contributed by atoms with van der Waals surface area (Å²) in [6, 6.07) is 6.02. The van der Waals surface area contributed by atoms with Crippen LogP contribution in [0, 0.1) is 17.5 Å². The summed E-state index contributed by atoms with van der Waals surface area (Å²) >= 11 is 0. The molecule has 1 saturated heterocycles. The number of ether oxygens (including phenoxy) is 1. The largest absolute Gasteiger partial charge is 0.373 e. The average molecular weight is 445 g/mol. The molecule has 1 aromatic carbocycles. The lowest BCUT2D eigenvalue weighted by atomic mass is 9.90. The number of benzene rings is 1. The average Bonchev–Trinajstić information content (AvgIpc) is 2.80. The summed E-state index contributed by atoms with van der Waals surface area (Å²) in [7, 11) is 0. The molecule has 2 aromatic heterocycles. The monoisotopic (exact) mass is 445 g/mol. The number of nitrogens with zero attached hydrogens (tertiary/aromatic N) is 3. The number of rotatable bonds is 4. The van der Waals surface area contributed by atoms with E-state index in [1.807, 2.05) is 0 Å². The van der Waals surface area contributed by atoms with Crippen molar-refractivity contribution in [3.63, 3.8) is 0 Å². The van der Waals surface area contributed by atoms with Crippen molar-refractivity contribution in [1.82, 2.24) is 15.2 Å². The smallest absolute Gasteiger partial charge is 0.322 e. The van der Waals surface area contributed by atoms with Crippen LogP contribution in [0.2, 0.25) is 0 Å². The number of pyridine rings is 2. The molecule has 0 bridgehead atoms. The van der Waals surface area contributed by atoms with E-state index in [1.165, 1.54) is 24.5 Å². The van der Waals surface area contributed by atoms with Crippen LogP contribution in [0.4, 0.5) is 13.2 Å². The van der Waals surface area contributed by atoms with Crippen LogP contribution in [0.3, 0.4) is 0 Å². The fraction of sp³-hybridized carbons (Fsp3) is 0.227. The van der Waals surface area contributed by atoms with E-state index in [9.17, 15) is 24.0 Å². The highest BCUT2D eigenvalue weighted by atomic mass is 19.1. The molecule has 1 fully saturated rings. The second-order valence-corrected chi connectivity index (χ2v) is 7.20. The molecular weight excluding hydrogens is 427 g/mol. The zero-order chi connectivity index (χ0) is 22.8. The van der Waals surface area contributed by atoms with Gasteiger partial charge in [-0.1, -0.05) is 17.4 Å². The number of amides is 1. The van der Waals surface area contributed by atoms with Crippen molar-refractivity contribution < 1.29 is 33.1 Å². The van der Waals surface area contributed by atoms with Gasteiger partial charge in [0, 0.05) is 35.7 Å². The van der Waals surface area contributed by atoms with Gasteiger partial charge < -0.3 is 4.74 Å². The predicted octanol–water partition coefficient (Wildman–Crippen LogP) is 4.69. The van der Waals surface area contributed by atoms with Gasteiger partial charge in [-0.05, 0) is 37.5 Å². The minimum atomic E-state index is -1.42. The van der Waals surface area contributed by atoms with Gasteiger partial charge in [-0.15, -0.1) is 0 Å². The van der Waals surface area contributed by atoms with E-state index in [-0.39, 0.29) is 16.7 Å². The predicted molar refractivity (Wildman–Crippen MR) is 105 cm³/mol. The lowest BCUT2D eigenvalue weighted by Gasteiger charge is -2.27. The van der Waals surface area contributed by atoms with Gasteiger partial charge in [-0.25, -0.2) is 18.2 Å². The van der Waals surface area contributed by atoms with Crippen molar-refractivity contribution in [2.75, 3.05) is 6.61 Å². The standard InChI is InChI=1S/C22H18F3N3O4/c23-13-6-3-7-14(24)17(13)20-19(25)18(15-8-1-2-10-32-15)16(12-5-4-9-26-11-12)21(27-20)22(29)28(30)31/h3-7,9,11,15,30-31H,1-2,8,10H2. The molecule has 166 valence electrons. The van der Waals surface area contributed by atoms with Crippen LogP contribution in [-0.4, -0.2) is 38.1 Å². The van der Waals surface area contributed by atoms with E-state index in [1.54, 1.807) is 0 Å². The maximum absolute atomic E-state index is 15.9. The normalized spacial score (nSPS) is 16.1. The van der Waals surface area contributed by atoms with Crippen LogP contribution in [0.5, 0.6) is 0 Å². The van der Waals surface area contributed by atoms with Gasteiger partial charge in [-0.3, -0.25) is 20.2 Å². The van der Waals surface area contributed by atoms with Crippen LogP contribution in [-0.2, 0) is 4.74 Å². The molecule has 1 aliphatic heterocycles. The minimum Gasteiger partial charge on any atom is -0.373 e. The maximum atomic E-state index is 15.9. The molecule has 0 spiro atoms. The summed E-state index contributed by atoms with van der Waals surface area (Å²) in [5.41, 5.74) is -2.18. The van der Waals surface area contributed by atoms with Crippen molar-refractivity contribution in [3.8, 4) is 22.4 Å². The van der Waals surface area contributed by atoms with Crippen LogP contribution in [0.15, 0.2) is 42.7 Å². The van der Waals surface area contributed by atoms with E-state index in [4.69, 9.17) is 4.74 Å². The number of hydrogen-bond donors (Lipinski definition) is 2. The first-order valence-electron chi connectivity index (χ1n) is 9.82. The van der Waals surface area contributed by atoms with E-state index in [0.29, 0.717) is 19.4 Å². The Morgan fingerprint density at radius 3 is 2.41 bits per heavy atom. The third-order valence-corrected chi connectivity index (χ3v) is 5.21. The van der Waals surface area contributed by atoms with Gasteiger partial charge in [0.05, 0.1) is 11.7 Å². The molecule has 0 aliphatic carbocycles. The van der Waals surface area contributed by atoms with Gasteiger partial charge in [0.15, 0.2) is 5.82 Å². The fourth-order valence-corrected chi connectivity index (χ4v) is 3.79. The molecule has 32 heavy (non-hydrogen) atoms. The SMILES string of the molecule is O=C(c1nc(-c2c(F)cccc2F)c(F)c(C2CCCCO2)c1-c1cccnc1)N(O)O. The topological polar surface area (TPSA) is 95.8 Å². The highest BCUT2D eigenvalue weighted by Crippen LogP contribution is 2.42. The molecule has 1 unspecified atom stereocenters. The quantitative estimate of drug-likeness (QED) is 0.447. The van der Waals surface area contributed by atoms with Gasteiger partial charge in [0.2, 0.25) is 0 Å². The summed E-state index contributed by atoms with van der Waals surface area (Å²) in [4.78, 5) is 20.5. The first-order chi connectivity index (χ1) is 15.4. The summed E-state index contributed by atoms with van der Waals surface area (Å²) in [5, 5.41) is 18.1. The second-order valence-electron chi connectivity index (χ2n) is 7.20. The van der Waals surface area contributed by atoms with Gasteiger partial charge in [0.25, 0.3) is 0 Å². The fourth-order valence-electron chi connectivity index (χ4n) is 3.79. The van der Waals surface area contributed by atoms with Crippen molar-refractivity contribution in [2.45, 2.75) is 25.4 Å². The highest BCUT2D eigenvalue weighted by molar-refractivity contribution is 5.99. The van der Waals surface area contributed by atoms with Crippen molar-refractivity contribution >= 4 is 5.91 Å². The number of carbonyl (C=O) groups excluding carboxylic acids is 1.